The van der Waals surface area contributed by atoms with E-state index in [1.54, 1.807) is 6.07 Å². The van der Waals surface area contributed by atoms with E-state index >= 15 is 0 Å². The predicted molar refractivity (Wildman–Crippen MR) is 69.8 cm³/mol. The quantitative estimate of drug-likeness (QED) is 0.814. The number of thiocarbonyl (C=S) groups is 1. The molecular weight excluding hydrogens is 255 g/mol. The summed E-state index contributed by atoms with van der Waals surface area (Å²) in [6, 6.07) is 4.33. The number of benzene rings is 1. The summed E-state index contributed by atoms with van der Waals surface area (Å²) in [6.45, 7) is 0.965. The Balaban J connectivity index is 2.20. The molecule has 2 rings (SSSR count). The van der Waals surface area contributed by atoms with Gasteiger partial charge in [-0.25, -0.2) is 4.39 Å². The van der Waals surface area contributed by atoms with Gasteiger partial charge >= 0.3 is 0 Å². The maximum atomic E-state index is 13.6. The van der Waals surface area contributed by atoms with Crippen LogP contribution in [0, 0.1) is 11.7 Å². The van der Waals surface area contributed by atoms with Crippen LogP contribution in [0.25, 0.3) is 0 Å². The van der Waals surface area contributed by atoms with E-state index in [0.717, 1.165) is 0 Å². The molecule has 0 spiro atoms. The summed E-state index contributed by atoms with van der Waals surface area (Å²) in [6.07, 6.45) is 0.670. The largest absolute Gasteiger partial charge is 0.389 e. The molecule has 3 N–H and O–H groups in total. The lowest BCUT2D eigenvalue weighted by Gasteiger charge is -2.13. The van der Waals surface area contributed by atoms with Crippen molar-refractivity contribution in [3.8, 4) is 0 Å². The molecule has 18 heavy (non-hydrogen) atoms. The first-order valence-electron chi connectivity index (χ1n) is 5.56. The highest BCUT2D eigenvalue weighted by molar-refractivity contribution is 7.80. The summed E-state index contributed by atoms with van der Waals surface area (Å²) < 4.78 is 18.7. The van der Waals surface area contributed by atoms with Crippen molar-refractivity contribution in [2.75, 3.05) is 18.5 Å². The Labute approximate surface area is 109 Å². The molecule has 6 heteroatoms. The van der Waals surface area contributed by atoms with E-state index in [9.17, 15) is 9.18 Å². The molecule has 0 bridgehead atoms. The van der Waals surface area contributed by atoms with Crippen molar-refractivity contribution in [1.29, 1.82) is 0 Å². The van der Waals surface area contributed by atoms with Crippen LogP contribution in [0.5, 0.6) is 0 Å². The number of hydrogen-bond acceptors (Lipinski definition) is 3. The van der Waals surface area contributed by atoms with Gasteiger partial charge in [-0.15, -0.1) is 0 Å². The molecule has 0 aromatic heterocycles. The summed E-state index contributed by atoms with van der Waals surface area (Å²) in [4.78, 5) is 11.8. The number of carbonyl (C=O) groups excluding carboxylic acids is 1. The number of hydrogen-bond donors (Lipinski definition) is 2. The Hall–Kier alpha value is -1.53. The average molecular weight is 268 g/mol. The van der Waals surface area contributed by atoms with Crippen molar-refractivity contribution in [2.24, 2.45) is 11.7 Å². The SMILES string of the molecule is NC(=S)c1c(F)cccc1NC(=O)C1CCOC1. The molecule has 1 aromatic carbocycles. The third-order valence-electron chi connectivity index (χ3n) is 2.82. The smallest absolute Gasteiger partial charge is 0.229 e. The minimum absolute atomic E-state index is 0.0692. The second-order valence-electron chi connectivity index (χ2n) is 4.08. The molecule has 0 saturated carbocycles. The van der Waals surface area contributed by atoms with Gasteiger partial charge in [0.15, 0.2) is 0 Å². The van der Waals surface area contributed by atoms with Crippen LogP contribution in [0.2, 0.25) is 0 Å². The number of carbonyl (C=O) groups is 1. The van der Waals surface area contributed by atoms with Crippen LogP contribution in [-0.2, 0) is 9.53 Å². The maximum absolute atomic E-state index is 13.6. The van der Waals surface area contributed by atoms with E-state index < -0.39 is 5.82 Å². The zero-order valence-corrected chi connectivity index (χ0v) is 10.4. The molecule has 1 atom stereocenters. The Morgan fingerprint density at radius 2 is 2.33 bits per heavy atom. The standard InChI is InChI=1S/C12H13FN2O2S/c13-8-2-1-3-9(10(8)11(14)18)15-12(16)7-4-5-17-6-7/h1-3,7H,4-6H2,(H2,14,18)(H,15,16). The molecule has 1 aliphatic rings. The Morgan fingerprint density at radius 3 is 2.94 bits per heavy atom. The van der Waals surface area contributed by atoms with Crippen LogP contribution in [0.15, 0.2) is 18.2 Å². The van der Waals surface area contributed by atoms with Crippen LogP contribution in [-0.4, -0.2) is 24.1 Å². The van der Waals surface area contributed by atoms with Gasteiger partial charge in [-0.3, -0.25) is 4.79 Å². The van der Waals surface area contributed by atoms with Crippen LogP contribution >= 0.6 is 12.2 Å². The lowest BCUT2D eigenvalue weighted by Crippen LogP contribution is -2.25. The number of nitrogens with two attached hydrogens (primary N) is 1. The molecule has 1 fully saturated rings. The van der Waals surface area contributed by atoms with Crippen molar-refractivity contribution in [3.63, 3.8) is 0 Å². The van der Waals surface area contributed by atoms with E-state index in [4.69, 9.17) is 22.7 Å². The molecule has 1 heterocycles. The molecule has 1 unspecified atom stereocenters. The summed E-state index contributed by atoms with van der Waals surface area (Å²) in [5.74, 6) is -0.939. The molecule has 1 aliphatic heterocycles. The van der Waals surface area contributed by atoms with Crippen molar-refractivity contribution in [2.45, 2.75) is 6.42 Å². The average Bonchev–Trinajstić information content (AvgIpc) is 2.81. The van der Waals surface area contributed by atoms with Gasteiger partial charge < -0.3 is 15.8 Å². The summed E-state index contributed by atoms with van der Waals surface area (Å²) in [5.41, 5.74) is 5.83. The van der Waals surface area contributed by atoms with Gasteiger partial charge in [-0.2, -0.15) is 0 Å². The summed E-state index contributed by atoms with van der Waals surface area (Å²) in [7, 11) is 0. The van der Waals surface area contributed by atoms with Crippen LogP contribution in [0.4, 0.5) is 10.1 Å². The summed E-state index contributed by atoms with van der Waals surface area (Å²) >= 11 is 4.79. The van der Waals surface area contributed by atoms with Gasteiger partial charge in [0, 0.05) is 6.61 Å². The van der Waals surface area contributed by atoms with Gasteiger partial charge in [-0.05, 0) is 18.6 Å². The topological polar surface area (TPSA) is 64.3 Å². The third kappa shape index (κ3) is 2.65. The highest BCUT2D eigenvalue weighted by Gasteiger charge is 2.24. The summed E-state index contributed by atoms with van der Waals surface area (Å²) in [5, 5.41) is 2.65. The van der Waals surface area contributed by atoms with Crippen LogP contribution < -0.4 is 11.1 Å². The van der Waals surface area contributed by atoms with Crippen LogP contribution in [0.3, 0.4) is 0 Å². The van der Waals surface area contributed by atoms with Gasteiger partial charge in [0.25, 0.3) is 0 Å². The monoisotopic (exact) mass is 268 g/mol. The van der Waals surface area contributed by atoms with Crippen molar-refractivity contribution >= 4 is 28.8 Å². The Bertz CT molecular complexity index is 487. The van der Waals surface area contributed by atoms with Gasteiger partial charge in [0.05, 0.1) is 23.8 Å². The minimum Gasteiger partial charge on any atom is -0.389 e. The molecule has 0 radical (unpaired) electrons. The zero-order valence-electron chi connectivity index (χ0n) is 9.61. The van der Waals surface area contributed by atoms with E-state index in [0.29, 0.717) is 25.3 Å². The van der Waals surface area contributed by atoms with Crippen LogP contribution in [0.1, 0.15) is 12.0 Å². The lowest BCUT2D eigenvalue weighted by atomic mass is 10.1. The molecule has 1 saturated heterocycles. The number of rotatable bonds is 3. The van der Waals surface area contributed by atoms with E-state index in [2.05, 4.69) is 5.32 Å². The number of ether oxygens (including phenoxy) is 1. The first-order valence-corrected chi connectivity index (χ1v) is 5.97. The normalized spacial score (nSPS) is 18.6. The third-order valence-corrected chi connectivity index (χ3v) is 3.02. The Kier molecular flexibility index (Phi) is 3.88. The highest BCUT2D eigenvalue weighted by atomic mass is 32.1. The number of halogens is 1. The van der Waals surface area contributed by atoms with Gasteiger partial charge in [-0.1, -0.05) is 18.3 Å². The molecule has 4 nitrogen and oxygen atoms in total. The van der Waals surface area contributed by atoms with Crippen molar-refractivity contribution in [3.05, 3.63) is 29.6 Å². The van der Waals surface area contributed by atoms with E-state index in [1.807, 2.05) is 0 Å². The van der Waals surface area contributed by atoms with E-state index in [-0.39, 0.29) is 22.4 Å². The van der Waals surface area contributed by atoms with Crippen molar-refractivity contribution < 1.29 is 13.9 Å². The second-order valence-corrected chi connectivity index (χ2v) is 4.52. The maximum Gasteiger partial charge on any atom is 0.229 e. The number of anilines is 1. The Morgan fingerprint density at radius 1 is 1.56 bits per heavy atom. The van der Waals surface area contributed by atoms with E-state index in [1.165, 1.54) is 12.1 Å². The fraction of sp³-hybridized carbons (Fsp3) is 0.333. The molecule has 1 aromatic rings. The number of nitrogens with one attached hydrogen (secondary N) is 1. The van der Waals surface area contributed by atoms with Gasteiger partial charge in [0.1, 0.15) is 10.8 Å². The fourth-order valence-electron chi connectivity index (χ4n) is 1.85. The molecular formula is C12H13FN2O2S. The first-order chi connectivity index (χ1) is 8.59. The predicted octanol–water partition coefficient (Wildman–Crippen LogP) is 1.43. The second kappa shape index (κ2) is 5.41. The number of amides is 1. The van der Waals surface area contributed by atoms with Gasteiger partial charge in [0.2, 0.25) is 5.91 Å². The lowest BCUT2D eigenvalue weighted by molar-refractivity contribution is -0.119. The first kappa shape index (κ1) is 12.9. The molecule has 0 aliphatic carbocycles. The molecule has 1 amide bonds. The molecule has 96 valence electrons. The minimum atomic E-state index is -0.539. The fourth-order valence-corrected chi connectivity index (χ4v) is 2.06. The van der Waals surface area contributed by atoms with Crippen molar-refractivity contribution in [1.82, 2.24) is 0 Å². The highest BCUT2D eigenvalue weighted by Crippen LogP contribution is 2.21. The zero-order chi connectivity index (χ0) is 13.1.